The summed E-state index contributed by atoms with van der Waals surface area (Å²) in [5.41, 5.74) is 0.991. The van der Waals surface area contributed by atoms with Gasteiger partial charge in [0.1, 0.15) is 12.7 Å². The van der Waals surface area contributed by atoms with E-state index in [0.717, 1.165) is 5.69 Å². The Kier molecular flexibility index (Phi) is 6.67. The van der Waals surface area contributed by atoms with Crippen LogP contribution in [0.3, 0.4) is 0 Å². The Hall–Kier alpha value is -1.76. The molecule has 124 valence electrons. The first-order valence-electron chi connectivity index (χ1n) is 6.94. The van der Waals surface area contributed by atoms with Gasteiger partial charge in [0.2, 0.25) is 5.91 Å². The number of hydrogen-bond donors (Lipinski definition) is 1. The van der Waals surface area contributed by atoms with Crippen molar-refractivity contribution in [3.8, 4) is 0 Å². The summed E-state index contributed by atoms with van der Waals surface area (Å²) in [5.74, 6) is -0.558. The first kappa shape index (κ1) is 18.3. The van der Waals surface area contributed by atoms with E-state index < -0.39 is 24.8 Å². The van der Waals surface area contributed by atoms with E-state index in [-0.39, 0.29) is 6.04 Å². The molecule has 0 bridgehead atoms. The van der Waals surface area contributed by atoms with E-state index in [2.05, 4.69) is 10.1 Å². The molecular weight excluding hydrogens is 297 g/mol. The number of likely N-dealkylation sites (N-methyl/N-ethyl adjacent to an activating group) is 1. The highest BCUT2D eigenvalue weighted by atomic mass is 19.4. The van der Waals surface area contributed by atoms with Gasteiger partial charge < -0.3 is 15.0 Å². The van der Waals surface area contributed by atoms with Gasteiger partial charge in [0.05, 0.1) is 0 Å². The molecule has 1 amide bonds. The Morgan fingerprint density at radius 2 is 1.86 bits per heavy atom. The quantitative estimate of drug-likeness (QED) is 0.840. The summed E-state index contributed by atoms with van der Waals surface area (Å²) < 4.78 is 40.6. The Labute approximate surface area is 128 Å². The maximum atomic E-state index is 12.0. The van der Waals surface area contributed by atoms with Crippen molar-refractivity contribution >= 4 is 11.6 Å². The number of rotatable bonds is 7. The lowest BCUT2D eigenvalue weighted by atomic mass is 10.2. The number of amides is 1. The van der Waals surface area contributed by atoms with E-state index in [4.69, 9.17) is 0 Å². The highest BCUT2D eigenvalue weighted by Gasteiger charge is 2.30. The Morgan fingerprint density at radius 1 is 1.27 bits per heavy atom. The van der Waals surface area contributed by atoms with Gasteiger partial charge in [-0.25, -0.2) is 0 Å². The lowest BCUT2D eigenvalue weighted by molar-refractivity contribution is -0.185. The molecule has 22 heavy (non-hydrogen) atoms. The summed E-state index contributed by atoms with van der Waals surface area (Å²) in [7, 11) is 1.88. The molecule has 0 aliphatic carbocycles. The number of nitrogens with one attached hydrogen (secondary N) is 1. The van der Waals surface area contributed by atoms with E-state index in [1.165, 1.54) is 6.92 Å². The van der Waals surface area contributed by atoms with Gasteiger partial charge in [-0.15, -0.1) is 0 Å². The topological polar surface area (TPSA) is 41.6 Å². The van der Waals surface area contributed by atoms with Crippen LogP contribution in [0, 0.1) is 0 Å². The van der Waals surface area contributed by atoms with Crippen LogP contribution in [-0.4, -0.2) is 44.4 Å². The normalized spacial score (nSPS) is 14.3. The van der Waals surface area contributed by atoms with Crippen LogP contribution in [0.15, 0.2) is 30.3 Å². The van der Waals surface area contributed by atoms with Crippen LogP contribution in [0.5, 0.6) is 0 Å². The summed E-state index contributed by atoms with van der Waals surface area (Å²) in [5, 5.41) is 2.60. The van der Waals surface area contributed by atoms with E-state index in [1.54, 1.807) is 0 Å². The van der Waals surface area contributed by atoms with Crippen LogP contribution >= 0.6 is 0 Å². The average Bonchev–Trinajstić information content (AvgIpc) is 2.49. The lowest BCUT2D eigenvalue weighted by Gasteiger charge is -2.27. The average molecular weight is 318 g/mol. The third kappa shape index (κ3) is 6.34. The second-order valence-corrected chi connectivity index (χ2v) is 5.11. The Morgan fingerprint density at radius 3 is 2.41 bits per heavy atom. The van der Waals surface area contributed by atoms with Crippen LogP contribution in [0.25, 0.3) is 0 Å². The molecule has 0 aliphatic rings. The predicted octanol–water partition coefficient (Wildman–Crippen LogP) is 2.59. The number of nitrogens with zero attached hydrogens (tertiary/aromatic N) is 1. The van der Waals surface area contributed by atoms with Crippen LogP contribution in [0.4, 0.5) is 18.9 Å². The molecule has 0 aliphatic heterocycles. The number of carbonyl (C=O) groups excluding carboxylic acids is 1. The maximum absolute atomic E-state index is 12.0. The van der Waals surface area contributed by atoms with Gasteiger partial charge in [0.25, 0.3) is 0 Å². The molecule has 0 saturated heterocycles. The van der Waals surface area contributed by atoms with E-state index in [0.29, 0.717) is 6.54 Å². The molecular formula is C15H21F3N2O2. The minimum absolute atomic E-state index is 0.0128. The van der Waals surface area contributed by atoms with Crippen LogP contribution in [0.2, 0.25) is 0 Å². The molecule has 0 radical (unpaired) electrons. The number of carbonyl (C=O) groups is 1. The molecule has 0 spiro atoms. The van der Waals surface area contributed by atoms with Crippen molar-refractivity contribution in [2.75, 3.05) is 25.1 Å². The molecule has 2 atom stereocenters. The van der Waals surface area contributed by atoms with Gasteiger partial charge >= 0.3 is 6.18 Å². The molecule has 0 aromatic heterocycles. The smallest absolute Gasteiger partial charge is 0.370 e. The van der Waals surface area contributed by atoms with Crippen LogP contribution in [0.1, 0.15) is 13.8 Å². The monoisotopic (exact) mass is 318 g/mol. The van der Waals surface area contributed by atoms with Crippen molar-refractivity contribution in [2.24, 2.45) is 0 Å². The van der Waals surface area contributed by atoms with Gasteiger partial charge in [0, 0.05) is 25.3 Å². The molecule has 0 fully saturated rings. The molecule has 0 unspecified atom stereocenters. The van der Waals surface area contributed by atoms with Gasteiger partial charge in [-0.3, -0.25) is 4.79 Å². The van der Waals surface area contributed by atoms with Gasteiger partial charge in [-0.1, -0.05) is 18.2 Å². The molecule has 1 aromatic carbocycles. The fourth-order valence-electron chi connectivity index (χ4n) is 1.74. The first-order valence-corrected chi connectivity index (χ1v) is 6.94. The standard InChI is InChI=1S/C15H21F3N2O2/c1-11(20(3)13-7-5-4-6-8-13)9-19-14(21)12(2)22-10-15(16,17)18/h4-8,11-12H,9-10H2,1-3H3,(H,19,21)/t11-,12-/m1/s1. The Bertz CT molecular complexity index is 466. The summed E-state index contributed by atoms with van der Waals surface area (Å²) >= 11 is 0. The van der Waals surface area contributed by atoms with Crippen molar-refractivity contribution in [1.82, 2.24) is 5.32 Å². The van der Waals surface area contributed by atoms with Crippen LogP contribution in [-0.2, 0) is 9.53 Å². The SMILES string of the molecule is C[C@H](CNC(=O)[C@@H](C)OCC(F)(F)F)N(C)c1ccccc1. The van der Waals surface area contributed by atoms with Crippen molar-refractivity contribution in [1.29, 1.82) is 0 Å². The number of anilines is 1. The fourth-order valence-corrected chi connectivity index (χ4v) is 1.74. The van der Waals surface area contributed by atoms with Crippen molar-refractivity contribution in [2.45, 2.75) is 32.2 Å². The molecule has 1 aromatic rings. The third-order valence-electron chi connectivity index (χ3n) is 3.26. The highest BCUT2D eigenvalue weighted by Crippen LogP contribution is 2.16. The van der Waals surface area contributed by atoms with Crippen LogP contribution < -0.4 is 10.2 Å². The number of hydrogen-bond acceptors (Lipinski definition) is 3. The second-order valence-electron chi connectivity index (χ2n) is 5.11. The number of halogens is 3. The molecule has 4 nitrogen and oxygen atoms in total. The zero-order chi connectivity index (χ0) is 16.8. The van der Waals surface area contributed by atoms with E-state index in [1.807, 2.05) is 49.2 Å². The largest absolute Gasteiger partial charge is 0.411 e. The summed E-state index contributed by atoms with van der Waals surface area (Å²) in [6, 6.07) is 9.58. The minimum atomic E-state index is -4.44. The number of benzene rings is 1. The zero-order valence-corrected chi connectivity index (χ0v) is 12.9. The number of alkyl halides is 3. The predicted molar refractivity (Wildman–Crippen MR) is 78.8 cm³/mol. The van der Waals surface area contributed by atoms with Gasteiger partial charge in [-0.2, -0.15) is 13.2 Å². The zero-order valence-electron chi connectivity index (χ0n) is 12.9. The molecule has 0 saturated carbocycles. The molecule has 1 N–H and O–H groups in total. The second kappa shape index (κ2) is 8.03. The maximum Gasteiger partial charge on any atom is 0.411 e. The summed E-state index contributed by atoms with van der Waals surface area (Å²) in [6.45, 7) is 2.09. The van der Waals surface area contributed by atoms with Crippen molar-refractivity contribution < 1.29 is 22.7 Å². The molecule has 0 heterocycles. The fraction of sp³-hybridized carbons (Fsp3) is 0.533. The van der Waals surface area contributed by atoms with E-state index >= 15 is 0 Å². The summed E-state index contributed by atoms with van der Waals surface area (Å²) in [4.78, 5) is 13.7. The minimum Gasteiger partial charge on any atom is -0.370 e. The molecule has 1 rings (SSSR count). The third-order valence-corrected chi connectivity index (χ3v) is 3.26. The Balaban J connectivity index is 2.40. The molecule has 7 heteroatoms. The van der Waals surface area contributed by atoms with Crippen molar-refractivity contribution in [3.63, 3.8) is 0 Å². The van der Waals surface area contributed by atoms with Gasteiger partial charge in [0.15, 0.2) is 0 Å². The van der Waals surface area contributed by atoms with E-state index in [9.17, 15) is 18.0 Å². The first-order chi connectivity index (χ1) is 10.2. The lowest BCUT2D eigenvalue weighted by Crippen LogP contribution is -2.44. The summed E-state index contributed by atoms with van der Waals surface area (Å²) in [6.07, 6.45) is -5.58. The van der Waals surface area contributed by atoms with Crippen molar-refractivity contribution in [3.05, 3.63) is 30.3 Å². The number of ether oxygens (including phenoxy) is 1. The number of para-hydroxylation sites is 1. The highest BCUT2D eigenvalue weighted by molar-refractivity contribution is 5.80. The van der Waals surface area contributed by atoms with Gasteiger partial charge in [-0.05, 0) is 26.0 Å².